The number of carbonyl (C=O) groups is 1. The second kappa shape index (κ2) is 6.75. The highest BCUT2D eigenvalue weighted by molar-refractivity contribution is 5.88. The first-order valence-corrected chi connectivity index (χ1v) is 5.36. The largest absolute Gasteiger partial charge is 0.489 e. The lowest BCUT2D eigenvalue weighted by molar-refractivity contribution is 0.0692. The summed E-state index contributed by atoms with van der Waals surface area (Å²) in [5.41, 5.74) is 0.599. The minimum absolute atomic E-state index is 0. The van der Waals surface area contributed by atoms with Gasteiger partial charge in [0, 0.05) is 6.07 Å². The van der Waals surface area contributed by atoms with E-state index >= 15 is 0 Å². The van der Waals surface area contributed by atoms with E-state index in [1.54, 1.807) is 0 Å². The Morgan fingerprint density at radius 1 is 1.16 bits per heavy atom. The number of hydrogen-bond acceptors (Lipinski definition) is 2. The van der Waals surface area contributed by atoms with Crippen molar-refractivity contribution in [3.8, 4) is 5.75 Å². The monoisotopic (exact) mass is 282 g/mol. The van der Waals surface area contributed by atoms with Crippen LogP contribution in [0.5, 0.6) is 5.75 Å². The van der Waals surface area contributed by atoms with Crippen LogP contribution in [0.25, 0.3) is 0 Å². The molecule has 0 aliphatic heterocycles. The normalized spacial score (nSPS) is 9.53. The molecule has 0 saturated heterocycles. The predicted octanol–water partition coefficient (Wildman–Crippen LogP) is 3.52. The molecule has 0 radical (unpaired) electrons. The molecule has 0 bridgehead atoms. The van der Waals surface area contributed by atoms with Crippen LogP contribution in [-0.2, 0) is 6.61 Å². The van der Waals surface area contributed by atoms with Crippen LogP contribution < -0.4 is 4.74 Å². The first-order chi connectivity index (χ1) is 8.66. The van der Waals surface area contributed by atoms with E-state index in [0.717, 1.165) is 11.6 Å². The summed E-state index contributed by atoms with van der Waals surface area (Å²) < 4.78 is 18.7. The van der Waals surface area contributed by atoms with Crippen molar-refractivity contribution in [3.05, 3.63) is 65.5 Å². The first kappa shape index (κ1) is 15.0. The Bertz CT molecular complexity index is 558. The zero-order valence-corrected chi connectivity index (χ0v) is 10.7. The van der Waals surface area contributed by atoms with Gasteiger partial charge in [-0.25, -0.2) is 9.18 Å². The molecule has 1 N–H and O–H groups in total. The van der Waals surface area contributed by atoms with Gasteiger partial charge < -0.3 is 9.84 Å². The Balaban J connectivity index is 0.00000180. The average Bonchev–Trinajstić information content (AvgIpc) is 2.37. The van der Waals surface area contributed by atoms with Crippen LogP contribution in [0.3, 0.4) is 0 Å². The van der Waals surface area contributed by atoms with Gasteiger partial charge in [-0.1, -0.05) is 30.3 Å². The number of halogens is 2. The number of carboxylic acid groups (broad SMARTS) is 1. The third-order valence-corrected chi connectivity index (χ3v) is 2.42. The van der Waals surface area contributed by atoms with E-state index < -0.39 is 11.8 Å². The summed E-state index contributed by atoms with van der Waals surface area (Å²) in [5, 5.41) is 8.68. The van der Waals surface area contributed by atoms with E-state index in [1.165, 1.54) is 12.1 Å². The number of ether oxygens (including phenoxy) is 1. The molecule has 2 aromatic carbocycles. The predicted molar refractivity (Wildman–Crippen MR) is 71.4 cm³/mol. The smallest absolute Gasteiger partial charge is 0.338 e. The third-order valence-electron chi connectivity index (χ3n) is 2.42. The van der Waals surface area contributed by atoms with E-state index in [2.05, 4.69) is 0 Å². The fourth-order valence-corrected chi connectivity index (χ4v) is 1.50. The standard InChI is InChI=1S/C14H11FO3.ClH/c15-13-8-11(6-7-12(13)14(16)17)18-9-10-4-2-1-3-5-10;/h1-8H,9H2,(H,16,17);1H. The average molecular weight is 283 g/mol. The molecule has 0 fully saturated rings. The molecular weight excluding hydrogens is 271 g/mol. The van der Waals surface area contributed by atoms with E-state index in [4.69, 9.17) is 9.84 Å². The van der Waals surface area contributed by atoms with Crippen LogP contribution in [0, 0.1) is 5.82 Å². The quantitative estimate of drug-likeness (QED) is 0.933. The second-order valence-corrected chi connectivity index (χ2v) is 3.72. The molecule has 0 unspecified atom stereocenters. The second-order valence-electron chi connectivity index (χ2n) is 3.72. The lowest BCUT2D eigenvalue weighted by Crippen LogP contribution is -2.01. The SMILES string of the molecule is Cl.O=C(O)c1ccc(OCc2ccccc2)cc1F. The lowest BCUT2D eigenvalue weighted by Gasteiger charge is -2.07. The molecule has 0 saturated carbocycles. The molecule has 5 heteroatoms. The van der Waals surface area contributed by atoms with Gasteiger partial charge in [-0.15, -0.1) is 12.4 Å². The molecule has 19 heavy (non-hydrogen) atoms. The summed E-state index contributed by atoms with van der Waals surface area (Å²) in [4.78, 5) is 10.6. The summed E-state index contributed by atoms with van der Waals surface area (Å²) in [7, 11) is 0. The minimum Gasteiger partial charge on any atom is -0.489 e. The molecular formula is C14H12ClFO3. The Morgan fingerprint density at radius 3 is 2.42 bits per heavy atom. The van der Waals surface area contributed by atoms with E-state index in [1.807, 2.05) is 30.3 Å². The number of aromatic carboxylic acids is 1. The Morgan fingerprint density at radius 2 is 1.84 bits per heavy atom. The van der Waals surface area contributed by atoms with Crippen LogP contribution in [0.15, 0.2) is 48.5 Å². The number of carboxylic acids is 1. The topological polar surface area (TPSA) is 46.5 Å². The van der Waals surface area contributed by atoms with Gasteiger partial charge in [0.05, 0.1) is 5.56 Å². The van der Waals surface area contributed by atoms with Gasteiger partial charge in [0.1, 0.15) is 18.2 Å². The van der Waals surface area contributed by atoms with Crippen molar-refractivity contribution < 1.29 is 19.0 Å². The number of rotatable bonds is 4. The van der Waals surface area contributed by atoms with Crippen LogP contribution in [0.2, 0.25) is 0 Å². The van der Waals surface area contributed by atoms with Crippen molar-refractivity contribution in [2.24, 2.45) is 0 Å². The van der Waals surface area contributed by atoms with Crippen molar-refractivity contribution in [2.75, 3.05) is 0 Å². The molecule has 2 aromatic rings. The van der Waals surface area contributed by atoms with Crippen molar-refractivity contribution in [3.63, 3.8) is 0 Å². The van der Waals surface area contributed by atoms with Crippen molar-refractivity contribution >= 4 is 18.4 Å². The van der Waals surface area contributed by atoms with Gasteiger partial charge in [-0.2, -0.15) is 0 Å². The van der Waals surface area contributed by atoms with Crippen LogP contribution >= 0.6 is 12.4 Å². The van der Waals surface area contributed by atoms with Gasteiger partial charge in [0.15, 0.2) is 0 Å². The highest BCUT2D eigenvalue weighted by Crippen LogP contribution is 2.18. The maximum absolute atomic E-state index is 13.4. The molecule has 2 rings (SSSR count). The van der Waals surface area contributed by atoms with Gasteiger partial charge in [-0.3, -0.25) is 0 Å². The molecule has 100 valence electrons. The zero-order chi connectivity index (χ0) is 13.0. The number of benzene rings is 2. The van der Waals surface area contributed by atoms with E-state index in [0.29, 0.717) is 12.4 Å². The Hall–Kier alpha value is -2.07. The third kappa shape index (κ3) is 3.96. The summed E-state index contributed by atoms with van der Waals surface area (Å²) in [6.45, 7) is 0.312. The molecule has 0 spiro atoms. The Kier molecular flexibility index (Phi) is 5.33. The van der Waals surface area contributed by atoms with Crippen molar-refractivity contribution in [1.82, 2.24) is 0 Å². The van der Waals surface area contributed by atoms with Gasteiger partial charge >= 0.3 is 5.97 Å². The number of hydrogen-bond donors (Lipinski definition) is 1. The lowest BCUT2D eigenvalue weighted by atomic mass is 10.2. The summed E-state index contributed by atoms with van der Waals surface area (Å²) >= 11 is 0. The Labute approximate surface area is 116 Å². The zero-order valence-electron chi connectivity index (χ0n) is 9.88. The summed E-state index contributed by atoms with van der Waals surface area (Å²) in [6.07, 6.45) is 0. The van der Waals surface area contributed by atoms with Gasteiger partial charge in [-0.05, 0) is 17.7 Å². The maximum atomic E-state index is 13.4. The highest BCUT2D eigenvalue weighted by atomic mass is 35.5. The molecule has 0 aliphatic carbocycles. The maximum Gasteiger partial charge on any atom is 0.338 e. The van der Waals surface area contributed by atoms with E-state index in [9.17, 15) is 9.18 Å². The summed E-state index contributed by atoms with van der Waals surface area (Å²) in [6, 6.07) is 13.1. The molecule has 0 atom stereocenters. The molecule has 0 amide bonds. The van der Waals surface area contributed by atoms with Crippen LogP contribution in [-0.4, -0.2) is 11.1 Å². The minimum atomic E-state index is -1.29. The molecule has 0 aromatic heterocycles. The highest BCUT2D eigenvalue weighted by Gasteiger charge is 2.10. The van der Waals surface area contributed by atoms with Gasteiger partial charge in [0.2, 0.25) is 0 Å². The molecule has 0 aliphatic rings. The van der Waals surface area contributed by atoms with Crippen molar-refractivity contribution in [1.29, 1.82) is 0 Å². The fraction of sp³-hybridized carbons (Fsp3) is 0.0714. The summed E-state index contributed by atoms with van der Waals surface area (Å²) in [5.74, 6) is -1.78. The van der Waals surface area contributed by atoms with Crippen LogP contribution in [0.1, 0.15) is 15.9 Å². The van der Waals surface area contributed by atoms with Crippen LogP contribution in [0.4, 0.5) is 4.39 Å². The molecule has 3 nitrogen and oxygen atoms in total. The van der Waals surface area contributed by atoms with E-state index in [-0.39, 0.29) is 18.0 Å². The molecule has 0 heterocycles. The first-order valence-electron chi connectivity index (χ1n) is 5.36. The van der Waals surface area contributed by atoms with Gasteiger partial charge in [0.25, 0.3) is 0 Å². The fourth-order valence-electron chi connectivity index (χ4n) is 1.50. The van der Waals surface area contributed by atoms with Crippen molar-refractivity contribution in [2.45, 2.75) is 6.61 Å².